The zero-order valence-electron chi connectivity index (χ0n) is 14.1. The highest BCUT2D eigenvalue weighted by atomic mass is 35.5. The van der Waals surface area contributed by atoms with Crippen molar-refractivity contribution in [1.82, 2.24) is 4.31 Å². The van der Waals surface area contributed by atoms with Gasteiger partial charge in [-0.25, -0.2) is 8.42 Å². The summed E-state index contributed by atoms with van der Waals surface area (Å²) in [5, 5.41) is 0.440. The van der Waals surface area contributed by atoms with E-state index in [1.54, 1.807) is 31.3 Å². The summed E-state index contributed by atoms with van der Waals surface area (Å²) in [7, 11) is 0.704. The molecule has 0 saturated heterocycles. The van der Waals surface area contributed by atoms with E-state index in [1.807, 2.05) is 0 Å². The predicted molar refractivity (Wildman–Crippen MR) is 97.7 cm³/mol. The number of sulfonamides is 1. The molecule has 1 amide bonds. The van der Waals surface area contributed by atoms with Gasteiger partial charge in [0.1, 0.15) is 5.75 Å². The van der Waals surface area contributed by atoms with Gasteiger partial charge in [-0.1, -0.05) is 17.7 Å². The number of anilines is 1. The van der Waals surface area contributed by atoms with Gasteiger partial charge in [-0.3, -0.25) is 4.79 Å². The van der Waals surface area contributed by atoms with Crippen molar-refractivity contribution >= 4 is 33.2 Å². The molecule has 0 aliphatic heterocycles. The van der Waals surface area contributed by atoms with Crippen LogP contribution in [0.4, 0.5) is 5.69 Å². The van der Waals surface area contributed by atoms with Crippen LogP contribution in [0.3, 0.4) is 0 Å². The second-order valence-electron chi connectivity index (χ2n) is 5.37. The predicted octanol–water partition coefficient (Wildman–Crippen LogP) is 2.63. The van der Waals surface area contributed by atoms with E-state index in [-0.39, 0.29) is 17.3 Å². The Morgan fingerprint density at radius 2 is 1.76 bits per heavy atom. The Morgan fingerprint density at radius 1 is 1.12 bits per heavy atom. The maximum absolute atomic E-state index is 12.5. The molecule has 0 atom stereocenters. The molecule has 2 aromatic rings. The van der Waals surface area contributed by atoms with E-state index in [0.717, 1.165) is 4.31 Å². The van der Waals surface area contributed by atoms with Gasteiger partial charge in [-0.15, -0.1) is 0 Å². The lowest BCUT2D eigenvalue weighted by molar-refractivity contribution is -0.118. The number of amides is 1. The van der Waals surface area contributed by atoms with Crippen LogP contribution < -0.4 is 9.64 Å². The van der Waals surface area contributed by atoms with E-state index < -0.39 is 10.0 Å². The Bertz CT molecular complexity index is 853. The molecule has 0 aromatic heterocycles. The van der Waals surface area contributed by atoms with Crippen LogP contribution >= 0.6 is 11.6 Å². The molecule has 0 saturated carbocycles. The van der Waals surface area contributed by atoms with Gasteiger partial charge in [-0.2, -0.15) is 4.31 Å². The first-order chi connectivity index (χ1) is 11.8. The average molecular weight is 383 g/mol. The van der Waals surface area contributed by atoms with E-state index in [9.17, 15) is 13.2 Å². The van der Waals surface area contributed by atoms with Crippen molar-refractivity contribution in [1.29, 1.82) is 0 Å². The third kappa shape index (κ3) is 4.50. The van der Waals surface area contributed by atoms with Crippen molar-refractivity contribution in [2.75, 3.05) is 32.6 Å². The number of rotatable bonds is 6. The van der Waals surface area contributed by atoms with Gasteiger partial charge in [0, 0.05) is 30.9 Å². The number of ether oxygens (including phenoxy) is 1. The summed E-state index contributed by atoms with van der Waals surface area (Å²) in [5.74, 6) is 0.243. The van der Waals surface area contributed by atoms with E-state index in [1.165, 1.54) is 43.3 Å². The topological polar surface area (TPSA) is 66.9 Å². The van der Waals surface area contributed by atoms with Crippen molar-refractivity contribution < 1.29 is 17.9 Å². The molecule has 0 bridgehead atoms. The summed E-state index contributed by atoms with van der Waals surface area (Å²) < 4.78 is 31.2. The number of carbonyl (C=O) groups is 1. The van der Waals surface area contributed by atoms with Crippen molar-refractivity contribution in [3.05, 3.63) is 53.6 Å². The van der Waals surface area contributed by atoms with E-state index in [0.29, 0.717) is 16.5 Å². The van der Waals surface area contributed by atoms with Gasteiger partial charge < -0.3 is 9.64 Å². The minimum absolute atomic E-state index is 0.0798. The van der Waals surface area contributed by atoms with Crippen LogP contribution in [-0.2, 0) is 14.8 Å². The second kappa shape index (κ2) is 7.86. The lowest BCUT2D eigenvalue weighted by Crippen LogP contribution is -2.39. The summed E-state index contributed by atoms with van der Waals surface area (Å²) in [6, 6.07) is 12.8. The van der Waals surface area contributed by atoms with Crippen molar-refractivity contribution in [2.45, 2.75) is 4.90 Å². The molecule has 0 aliphatic rings. The average Bonchev–Trinajstić information content (AvgIpc) is 2.61. The van der Waals surface area contributed by atoms with Crippen LogP contribution in [0.1, 0.15) is 0 Å². The van der Waals surface area contributed by atoms with Crippen LogP contribution in [-0.4, -0.2) is 46.4 Å². The fourth-order valence-corrected chi connectivity index (χ4v) is 3.38. The Balaban J connectivity index is 2.14. The molecule has 0 unspecified atom stereocenters. The maximum atomic E-state index is 12.5. The highest BCUT2D eigenvalue weighted by Crippen LogP contribution is 2.21. The highest BCUT2D eigenvalue weighted by Gasteiger charge is 2.24. The number of carbonyl (C=O) groups excluding carboxylic acids is 1. The van der Waals surface area contributed by atoms with E-state index >= 15 is 0 Å². The quantitative estimate of drug-likeness (QED) is 0.770. The number of halogens is 1. The number of hydrogen-bond donors (Lipinski definition) is 0. The lowest BCUT2D eigenvalue weighted by atomic mass is 10.2. The molecule has 134 valence electrons. The Kier molecular flexibility index (Phi) is 6.05. The van der Waals surface area contributed by atoms with Crippen LogP contribution in [0.2, 0.25) is 5.02 Å². The van der Waals surface area contributed by atoms with Gasteiger partial charge in [0.25, 0.3) is 0 Å². The van der Waals surface area contributed by atoms with Gasteiger partial charge in [0.15, 0.2) is 0 Å². The monoisotopic (exact) mass is 382 g/mol. The molecule has 25 heavy (non-hydrogen) atoms. The fraction of sp³-hybridized carbons (Fsp3) is 0.235. The van der Waals surface area contributed by atoms with Gasteiger partial charge >= 0.3 is 0 Å². The molecule has 0 spiro atoms. The molecular weight excluding hydrogens is 364 g/mol. The van der Waals surface area contributed by atoms with Gasteiger partial charge in [0.2, 0.25) is 15.9 Å². The zero-order chi connectivity index (χ0) is 18.6. The minimum Gasteiger partial charge on any atom is -0.497 e. The molecule has 2 aromatic carbocycles. The first-order valence-electron chi connectivity index (χ1n) is 7.38. The molecule has 2 rings (SSSR count). The Labute approximate surface area is 152 Å². The molecule has 0 aliphatic carbocycles. The molecule has 8 heteroatoms. The normalized spacial score (nSPS) is 11.4. The summed E-state index contributed by atoms with van der Waals surface area (Å²) in [5.41, 5.74) is 0.613. The minimum atomic E-state index is -3.78. The number of methoxy groups -OCH3 is 1. The van der Waals surface area contributed by atoms with Gasteiger partial charge in [-0.05, 0) is 36.4 Å². The number of benzene rings is 2. The largest absolute Gasteiger partial charge is 0.497 e. The summed E-state index contributed by atoms with van der Waals surface area (Å²) >= 11 is 5.78. The third-order valence-electron chi connectivity index (χ3n) is 3.69. The molecular formula is C17H19ClN2O4S. The highest BCUT2D eigenvalue weighted by molar-refractivity contribution is 7.89. The first kappa shape index (κ1) is 19.2. The van der Waals surface area contributed by atoms with E-state index in [2.05, 4.69) is 0 Å². The van der Waals surface area contributed by atoms with Crippen LogP contribution in [0.15, 0.2) is 53.4 Å². The number of nitrogens with zero attached hydrogens (tertiary/aromatic N) is 2. The third-order valence-corrected chi connectivity index (χ3v) is 5.76. The molecule has 6 nitrogen and oxygen atoms in total. The van der Waals surface area contributed by atoms with Crippen LogP contribution in [0, 0.1) is 0 Å². The SMILES string of the molecule is COc1cccc(N(C)C(=O)CN(C)S(=O)(=O)c2ccc(Cl)cc2)c1. The number of hydrogen-bond acceptors (Lipinski definition) is 4. The summed E-state index contributed by atoms with van der Waals surface area (Å²) in [4.78, 5) is 13.9. The van der Waals surface area contributed by atoms with Crippen molar-refractivity contribution in [3.63, 3.8) is 0 Å². The first-order valence-corrected chi connectivity index (χ1v) is 9.20. The smallest absolute Gasteiger partial charge is 0.243 e. The second-order valence-corrected chi connectivity index (χ2v) is 7.85. The lowest BCUT2D eigenvalue weighted by Gasteiger charge is -2.22. The van der Waals surface area contributed by atoms with Gasteiger partial charge in [0.05, 0.1) is 18.6 Å². The Hall–Kier alpha value is -2.09. The summed E-state index contributed by atoms with van der Waals surface area (Å²) in [6.45, 7) is -0.293. The maximum Gasteiger partial charge on any atom is 0.243 e. The molecule has 0 radical (unpaired) electrons. The summed E-state index contributed by atoms with van der Waals surface area (Å²) in [6.07, 6.45) is 0. The van der Waals surface area contributed by atoms with Crippen molar-refractivity contribution in [3.8, 4) is 5.75 Å². The van der Waals surface area contributed by atoms with Crippen LogP contribution in [0.5, 0.6) is 5.75 Å². The zero-order valence-corrected chi connectivity index (χ0v) is 15.7. The van der Waals surface area contributed by atoms with Crippen LogP contribution in [0.25, 0.3) is 0 Å². The molecule has 0 N–H and O–H groups in total. The molecule has 0 heterocycles. The van der Waals surface area contributed by atoms with Crippen molar-refractivity contribution in [2.24, 2.45) is 0 Å². The fourth-order valence-electron chi connectivity index (χ4n) is 2.13. The number of likely N-dealkylation sites (N-methyl/N-ethyl adjacent to an activating group) is 2. The Morgan fingerprint density at radius 3 is 2.36 bits per heavy atom. The molecule has 0 fully saturated rings. The van der Waals surface area contributed by atoms with E-state index in [4.69, 9.17) is 16.3 Å². The standard InChI is InChI=1S/C17H19ClN2O4S/c1-19(25(22,23)16-9-7-13(18)8-10-16)12-17(21)20(2)14-5-4-6-15(11-14)24-3/h4-11H,12H2,1-3H3.